The molecule has 0 aliphatic heterocycles. The van der Waals surface area contributed by atoms with E-state index in [-0.39, 0.29) is 11.0 Å². The summed E-state index contributed by atoms with van der Waals surface area (Å²) < 4.78 is 28.9. The van der Waals surface area contributed by atoms with Gasteiger partial charge in [-0.05, 0) is 58.5 Å². The molecule has 0 rings (SSSR count). The van der Waals surface area contributed by atoms with Gasteiger partial charge in [0.05, 0.1) is 0 Å². The average molecular weight is 342 g/mol. The van der Waals surface area contributed by atoms with E-state index in [2.05, 4.69) is 0 Å². The quantitative estimate of drug-likeness (QED) is 0.390. The topological polar surface area (TPSA) is 72.2 Å². The van der Waals surface area contributed by atoms with Crippen LogP contribution in [0.1, 0.15) is 47.5 Å². The van der Waals surface area contributed by atoms with E-state index < -0.39 is 14.8 Å². The fourth-order valence-electron chi connectivity index (χ4n) is 1.89. The minimum atomic E-state index is -3.18. The Balaban J connectivity index is 0. The molecule has 0 aromatic carbocycles. The molecular weight excluding hydrogens is 306 g/mol. The fourth-order valence-corrected chi connectivity index (χ4v) is 4.07. The van der Waals surface area contributed by atoms with Crippen LogP contribution in [0.5, 0.6) is 0 Å². The van der Waals surface area contributed by atoms with E-state index in [0.717, 1.165) is 6.42 Å². The lowest BCUT2D eigenvalue weighted by Gasteiger charge is -2.37. The molecule has 0 saturated heterocycles. The first kappa shape index (κ1) is 23.5. The lowest BCUT2D eigenvalue weighted by molar-refractivity contribution is -0.219. The molecule has 0 radical (unpaired) electrons. The highest BCUT2D eigenvalue weighted by atomic mass is 28.4. The molecule has 1 atom stereocenters. The molecule has 0 aliphatic rings. The van der Waals surface area contributed by atoms with Crippen molar-refractivity contribution in [2.24, 2.45) is 5.73 Å². The minimum Gasteiger partial charge on any atom is -0.351 e. The zero-order chi connectivity index (χ0) is 15.5. The lowest BCUT2D eigenvalue weighted by Crippen LogP contribution is -2.55. The summed E-state index contributed by atoms with van der Waals surface area (Å²) in [6.07, 6.45) is 1.46. The monoisotopic (exact) mass is 341 g/mol. The Hall–Kier alpha value is 0.194. The van der Waals surface area contributed by atoms with Gasteiger partial charge in [0.15, 0.2) is 5.79 Å². The maximum absolute atomic E-state index is 6.08. The van der Waals surface area contributed by atoms with Crippen molar-refractivity contribution in [3.63, 3.8) is 0 Å². The summed E-state index contributed by atoms with van der Waals surface area (Å²) in [5.74, 6) is -0.806. The minimum absolute atomic E-state index is 0. The molecule has 0 bridgehead atoms. The van der Waals surface area contributed by atoms with Gasteiger partial charge in [0, 0.05) is 32.8 Å². The first-order valence-electron chi connectivity index (χ1n) is 7.47. The van der Waals surface area contributed by atoms with E-state index in [1.807, 2.05) is 34.6 Å². The second kappa shape index (κ2) is 12.7. The molecule has 1 unspecified atom stereocenters. The van der Waals surface area contributed by atoms with Gasteiger partial charge in [0.2, 0.25) is 0 Å². The van der Waals surface area contributed by atoms with Gasteiger partial charge in [-0.15, -0.1) is 0 Å². The van der Waals surface area contributed by atoms with Gasteiger partial charge in [-0.1, -0.05) is 0 Å². The Morgan fingerprint density at radius 3 is 1.71 bits per heavy atom. The van der Waals surface area contributed by atoms with E-state index in [9.17, 15) is 0 Å². The van der Waals surface area contributed by atoms with E-state index >= 15 is 0 Å². The normalized spacial score (nSPS) is 14.6. The second-order valence-corrected chi connectivity index (χ2v) is 6.43. The molecule has 0 aromatic heterocycles. The van der Waals surface area contributed by atoms with Crippen molar-refractivity contribution in [1.82, 2.24) is 0 Å². The van der Waals surface area contributed by atoms with Gasteiger partial charge in [-0.2, -0.15) is 0 Å². The molecule has 21 heavy (non-hydrogen) atoms. The van der Waals surface area contributed by atoms with Gasteiger partial charge in [0.25, 0.3) is 0 Å². The van der Waals surface area contributed by atoms with Crippen LogP contribution in [0.3, 0.4) is 0 Å². The number of ether oxygens (including phenoxy) is 1. The van der Waals surface area contributed by atoms with Crippen LogP contribution in [0.4, 0.5) is 0 Å². The third-order valence-corrected chi connectivity index (χ3v) is 5.20. The van der Waals surface area contributed by atoms with Gasteiger partial charge < -0.3 is 28.2 Å². The molecule has 2 N–H and O–H groups in total. The van der Waals surface area contributed by atoms with Crippen LogP contribution in [-0.4, -0.2) is 58.8 Å². The van der Waals surface area contributed by atoms with E-state index in [1.54, 1.807) is 0 Å². The lowest BCUT2D eigenvalue weighted by atomic mass is 10.2. The highest BCUT2D eigenvalue weighted by molar-refractivity contribution is 6.53. The summed E-state index contributed by atoms with van der Waals surface area (Å²) in [6.45, 7) is 12.0. The van der Waals surface area contributed by atoms with Crippen molar-refractivity contribution in [2.75, 3.05) is 33.0 Å². The van der Waals surface area contributed by atoms with Crippen molar-refractivity contribution in [3.8, 4) is 0 Å². The van der Waals surface area contributed by atoms with Crippen molar-refractivity contribution in [2.45, 2.75) is 53.2 Å². The standard InChI is InChI=1S/C13H31NO5Si.H4Si/c1-6-15-13(5,11-10-12-14)19-20(16-7-2,17-8-3)18-9-4;/h6-12,14H2,1-5H3;1H4. The molecule has 0 aliphatic carbocycles. The Morgan fingerprint density at radius 2 is 1.38 bits per heavy atom. The van der Waals surface area contributed by atoms with E-state index in [4.69, 9.17) is 28.2 Å². The average Bonchev–Trinajstić information content (AvgIpc) is 2.37. The highest BCUT2D eigenvalue weighted by Gasteiger charge is 2.50. The molecule has 8 heteroatoms. The summed E-state index contributed by atoms with van der Waals surface area (Å²) in [7, 11) is -3.18. The predicted octanol–water partition coefficient (Wildman–Crippen LogP) is 0.588. The largest absolute Gasteiger partial charge is 0.681 e. The summed E-state index contributed by atoms with van der Waals surface area (Å²) in [5.41, 5.74) is 5.58. The Kier molecular flexibility index (Phi) is 14.2. The molecule has 0 heterocycles. The van der Waals surface area contributed by atoms with Crippen LogP contribution in [-0.2, 0) is 22.4 Å². The van der Waals surface area contributed by atoms with Gasteiger partial charge in [-0.25, -0.2) is 0 Å². The molecule has 0 amide bonds. The maximum atomic E-state index is 6.08. The predicted molar refractivity (Wildman–Crippen MR) is 91.4 cm³/mol. The van der Waals surface area contributed by atoms with E-state index in [1.165, 1.54) is 0 Å². The molecule has 0 aromatic rings. The highest BCUT2D eigenvalue weighted by Crippen LogP contribution is 2.26. The first-order chi connectivity index (χ1) is 9.51. The van der Waals surface area contributed by atoms with Crippen LogP contribution < -0.4 is 5.73 Å². The van der Waals surface area contributed by atoms with Crippen molar-refractivity contribution in [1.29, 1.82) is 0 Å². The summed E-state index contributed by atoms with van der Waals surface area (Å²) in [6, 6.07) is 0. The van der Waals surface area contributed by atoms with Crippen LogP contribution >= 0.6 is 0 Å². The number of hydrogen-bond acceptors (Lipinski definition) is 6. The Bertz CT molecular complexity index is 232. The third kappa shape index (κ3) is 9.04. The molecule has 0 spiro atoms. The van der Waals surface area contributed by atoms with Crippen molar-refractivity contribution in [3.05, 3.63) is 0 Å². The number of rotatable bonds is 13. The van der Waals surface area contributed by atoms with Crippen LogP contribution in [0.15, 0.2) is 0 Å². The van der Waals surface area contributed by atoms with E-state index in [0.29, 0.717) is 39.4 Å². The zero-order valence-corrected chi connectivity index (χ0v) is 14.6. The zero-order valence-electron chi connectivity index (χ0n) is 13.6. The first-order valence-corrected chi connectivity index (χ1v) is 9.10. The SMILES string of the molecule is CCOC(C)(CCCN)O[Si](OCC)(OCC)OCC.[SiH4]. The second-order valence-electron chi connectivity index (χ2n) is 4.36. The Labute approximate surface area is 135 Å². The third-order valence-electron chi connectivity index (χ3n) is 2.59. The molecule has 0 saturated carbocycles. The van der Waals surface area contributed by atoms with Crippen LogP contribution in [0, 0.1) is 0 Å². The van der Waals surface area contributed by atoms with Gasteiger partial charge >= 0.3 is 9.05 Å². The molecule has 0 fully saturated rings. The summed E-state index contributed by atoms with van der Waals surface area (Å²) >= 11 is 0. The van der Waals surface area contributed by atoms with Crippen LogP contribution in [0.2, 0.25) is 0 Å². The van der Waals surface area contributed by atoms with Gasteiger partial charge in [-0.3, -0.25) is 0 Å². The molecule has 130 valence electrons. The fraction of sp³-hybridized carbons (Fsp3) is 1.00. The molecular formula is C13H35NO5Si2. The van der Waals surface area contributed by atoms with Crippen molar-refractivity contribution < 1.29 is 22.4 Å². The maximum Gasteiger partial charge on any atom is 0.681 e. The Morgan fingerprint density at radius 1 is 0.905 bits per heavy atom. The van der Waals surface area contributed by atoms with Gasteiger partial charge in [0.1, 0.15) is 0 Å². The van der Waals surface area contributed by atoms with Crippen LogP contribution in [0.25, 0.3) is 0 Å². The summed E-state index contributed by atoms with van der Waals surface area (Å²) in [4.78, 5) is 0. The number of nitrogens with two attached hydrogens (primary N) is 1. The van der Waals surface area contributed by atoms with Crippen molar-refractivity contribution >= 4 is 20.0 Å². The summed E-state index contributed by atoms with van der Waals surface area (Å²) in [5, 5.41) is 0. The smallest absolute Gasteiger partial charge is 0.351 e. The number of hydrogen-bond donors (Lipinski definition) is 1. The molecule has 6 nitrogen and oxygen atoms in total.